The van der Waals surface area contributed by atoms with Crippen molar-refractivity contribution >= 4 is 23.5 Å². The van der Waals surface area contributed by atoms with E-state index in [-0.39, 0.29) is 29.9 Å². The van der Waals surface area contributed by atoms with Crippen LogP contribution in [0.25, 0.3) is 0 Å². The van der Waals surface area contributed by atoms with E-state index in [1.807, 2.05) is 18.2 Å². The minimum Gasteiger partial charge on any atom is -0.489 e. The Kier molecular flexibility index (Phi) is 6.28. The summed E-state index contributed by atoms with van der Waals surface area (Å²) in [5.41, 5.74) is 1.39. The highest BCUT2D eigenvalue weighted by Crippen LogP contribution is 2.39. The van der Waals surface area contributed by atoms with Crippen LogP contribution in [0, 0.1) is 0 Å². The first-order chi connectivity index (χ1) is 15.5. The minimum atomic E-state index is -0.670. The molecule has 2 heterocycles. The van der Waals surface area contributed by atoms with E-state index in [1.54, 1.807) is 37.3 Å². The van der Waals surface area contributed by atoms with Gasteiger partial charge in [-0.15, -0.1) is 0 Å². The van der Waals surface area contributed by atoms with Crippen molar-refractivity contribution < 1.29 is 23.8 Å². The van der Waals surface area contributed by atoms with E-state index in [1.165, 1.54) is 6.20 Å². The predicted octanol–water partition coefficient (Wildman–Crippen LogP) is 4.23. The predicted molar refractivity (Wildman–Crippen MR) is 117 cm³/mol. The van der Waals surface area contributed by atoms with Gasteiger partial charge in [0.25, 0.3) is 5.56 Å². The molecule has 0 spiro atoms. The molecule has 0 bridgehead atoms. The van der Waals surface area contributed by atoms with Crippen LogP contribution in [-0.4, -0.2) is 23.5 Å². The number of nitrogens with one attached hydrogen (secondary N) is 1. The van der Waals surface area contributed by atoms with Crippen LogP contribution in [0.15, 0.2) is 59.5 Å². The molecule has 4 rings (SSSR count). The van der Waals surface area contributed by atoms with Crippen molar-refractivity contribution in [1.82, 2.24) is 4.98 Å². The number of ether oxygens (including phenoxy) is 3. The van der Waals surface area contributed by atoms with Crippen LogP contribution >= 0.6 is 11.6 Å². The number of pyridine rings is 1. The summed E-state index contributed by atoms with van der Waals surface area (Å²) in [6.45, 7) is 2.13. The van der Waals surface area contributed by atoms with E-state index in [0.29, 0.717) is 17.4 Å². The number of carbonyl (C=O) groups is 2. The Bertz CT molecular complexity index is 1220. The molecule has 1 aliphatic heterocycles. The Labute approximate surface area is 188 Å². The highest BCUT2D eigenvalue weighted by atomic mass is 35.5. The molecular formula is C24H20ClNO6. The van der Waals surface area contributed by atoms with Crippen LogP contribution in [0.5, 0.6) is 11.5 Å². The van der Waals surface area contributed by atoms with Gasteiger partial charge in [0.1, 0.15) is 17.9 Å². The van der Waals surface area contributed by atoms with Gasteiger partial charge in [-0.05, 0) is 30.7 Å². The number of hydrogen-bond acceptors (Lipinski definition) is 6. The summed E-state index contributed by atoms with van der Waals surface area (Å²) in [5.74, 6) is -1.20. The first-order valence-electron chi connectivity index (χ1n) is 10.1. The number of fused-ring (bicyclic) bond motifs is 1. The largest absolute Gasteiger partial charge is 0.489 e. The van der Waals surface area contributed by atoms with Crippen LogP contribution < -0.4 is 15.0 Å². The third-order valence-corrected chi connectivity index (χ3v) is 5.52. The monoisotopic (exact) mass is 453 g/mol. The van der Waals surface area contributed by atoms with Crippen LogP contribution in [0.3, 0.4) is 0 Å². The molecule has 0 aliphatic carbocycles. The molecule has 0 saturated carbocycles. The van der Waals surface area contributed by atoms with Crippen LogP contribution in [0.4, 0.5) is 0 Å². The topological polar surface area (TPSA) is 94.7 Å². The maximum atomic E-state index is 12.6. The number of halogens is 1. The van der Waals surface area contributed by atoms with Gasteiger partial charge in [-0.2, -0.15) is 0 Å². The highest BCUT2D eigenvalue weighted by Gasteiger charge is 2.34. The molecule has 0 unspecified atom stereocenters. The number of esters is 2. The van der Waals surface area contributed by atoms with E-state index >= 15 is 0 Å². The van der Waals surface area contributed by atoms with E-state index in [4.69, 9.17) is 25.8 Å². The van der Waals surface area contributed by atoms with Crippen molar-refractivity contribution in [2.24, 2.45) is 0 Å². The lowest BCUT2D eigenvalue weighted by molar-refractivity contribution is -0.135. The second-order valence-corrected chi connectivity index (χ2v) is 7.58. The van der Waals surface area contributed by atoms with Crippen LogP contribution in [0.1, 0.15) is 46.3 Å². The van der Waals surface area contributed by atoms with Crippen molar-refractivity contribution in [2.75, 3.05) is 6.61 Å². The number of benzene rings is 2. The van der Waals surface area contributed by atoms with E-state index < -0.39 is 23.4 Å². The SMILES string of the molecule is CCOC(=O)c1c[nH]c(=O)c2c1OC(=O)C[C@H]2c1ccc(OCc2ccccc2Cl)cc1. The summed E-state index contributed by atoms with van der Waals surface area (Å²) >= 11 is 6.16. The highest BCUT2D eigenvalue weighted by molar-refractivity contribution is 6.31. The molecule has 0 fully saturated rings. The standard InChI is InChI=1S/C24H20ClNO6/c1-2-30-24(29)18-12-26-23(28)21-17(11-20(27)32-22(18)21)14-7-9-16(10-8-14)31-13-15-5-3-4-6-19(15)25/h3-10,12,17H,2,11,13H2,1H3,(H,26,28)/t17-/m0/s1. The zero-order valence-electron chi connectivity index (χ0n) is 17.2. The zero-order valence-corrected chi connectivity index (χ0v) is 18.0. The fourth-order valence-electron chi connectivity index (χ4n) is 3.60. The van der Waals surface area contributed by atoms with Gasteiger partial charge in [-0.25, -0.2) is 4.79 Å². The second-order valence-electron chi connectivity index (χ2n) is 7.17. The van der Waals surface area contributed by atoms with E-state index in [0.717, 1.165) is 11.1 Å². The Hall–Kier alpha value is -3.58. The number of aromatic amines is 1. The molecule has 164 valence electrons. The molecule has 2 aromatic carbocycles. The van der Waals surface area contributed by atoms with Crippen molar-refractivity contribution in [1.29, 1.82) is 0 Å². The van der Waals surface area contributed by atoms with Gasteiger partial charge >= 0.3 is 11.9 Å². The molecule has 1 aliphatic rings. The molecule has 1 aromatic heterocycles. The fraction of sp³-hybridized carbons (Fsp3) is 0.208. The number of aromatic nitrogens is 1. The van der Waals surface area contributed by atoms with Gasteiger partial charge in [0, 0.05) is 22.7 Å². The Morgan fingerprint density at radius 2 is 1.91 bits per heavy atom. The average Bonchev–Trinajstić information content (AvgIpc) is 2.78. The molecule has 3 aromatic rings. The lowest BCUT2D eigenvalue weighted by Gasteiger charge is -2.25. The maximum Gasteiger partial charge on any atom is 0.343 e. The van der Waals surface area contributed by atoms with Gasteiger partial charge in [-0.3, -0.25) is 9.59 Å². The molecule has 7 nitrogen and oxygen atoms in total. The summed E-state index contributed by atoms with van der Waals surface area (Å²) in [6, 6.07) is 14.5. The number of H-pyrrole nitrogens is 1. The molecule has 1 atom stereocenters. The van der Waals surface area contributed by atoms with Crippen LogP contribution in [0.2, 0.25) is 5.02 Å². The van der Waals surface area contributed by atoms with Crippen LogP contribution in [-0.2, 0) is 16.1 Å². The average molecular weight is 454 g/mol. The summed E-state index contributed by atoms with van der Waals surface area (Å²) in [5, 5.41) is 0.623. The smallest absolute Gasteiger partial charge is 0.343 e. The summed E-state index contributed by atoms with van der Waals surface area (Å²) < 4.78 is 16.1. The zero-order chi connectivity index (χ0) is 22.7. The number of hydrogen-bond donors (Lipinski definition) is 1. The van der Waals surface area contributed by atoms with Gasteiger partial charge in [0.2, 0.25) is 0 Å². The number of carbonyl (C=O) groups excluding carboxylic acids is 2. The third-order valence-electron chi connectivity index (χ3n) is 5.15. The molecule has 0 radical (unpaired) electrons. The Morgan fingerprint density at radius 3 is 2.62 bits per heavy atom. The lowest BCUT2D eigenvalue weighted by Crippen LogP contribution is -2.30. The summed E-state index contributed by atoms with van der Waals surface area (Å²) in [6.07, 6.45) is 1.18. The molecular weight excluding hydrogens is 434 g/mol. The summed E-state index contributed by atoms with van der Waals surface area (Å²) in [7, 11) is 0. The summed E-state index contributed by atoms with van der Waals surface area (Å²) in [4.78, 5) is 39.7. The molecule has 0 saturated heterocycles. The van der Waals surface area contributed by atoms with Gasteiger partial charge in [-0.1, -0.05) is 41.9 Å². The quantitative estimate of drug-likeness (QED) is 0.561. The maximum absolute atomic E-state index is 12.6. The fourth-order valence-corrected chi connectivity index (χ4v) is 3.79. The van der Waals surface area contributed by atoms with Crippen molar-refractivity contribution in [3.8, 4) is 11.5 Å². The van der Waals surface area contributed by atoms with Crippen molar-refractivity contribution in [2.45, 2.75) is 25.9 Å². The second kappa shape index (κ2) is 9.28. The molecule has 0 amide bonds. The van der Waals surface area contributed by atoms with E-state index in [9.17, 15) is 14.4 Å². The Morgan fingerprint density at radius 1 is 1.16 bits per heavy atom. The Balaban J connectivity index is 1.61. The normalized spacial score (nSPS) is 14.9. The molecule has 1 N–H and O–H groups in total. The van der Waals surface area contributed by atoms with Crippen molar-refractivity contribution in [3.05, 3.63) is 92.4 Å². The molecule has 8 heteroatoms. The third kappa shape index (κ3) is 4.38. The first-order valence-corrected chi connectivity index (χ1v) is 10.4. The van der Waals surface area contributed by atoms with Crippen molar-refractivity contribution in [3.63, 3.8) is 0 Å². The van der Waals surface area contributed by atoms with Gasteiger partial charge < -0.3 is 19.2 Å². The molecule has 32 heavy (non-hydrogen) atoms. The van der Waals surface area contributed by atoms with E-state index in [2.05, 4.69) is 4.98 Å². The first kappa shape index (κ1) is 21.6. The van der Waals surface area contributed by atoms with Gasteiger partial charge in [0.05, 0.1) is 18.6 Å². The number of rotatable bonds is 6. The lowest BCUT2D eigenvalue weighted by atomic mass is 9.86. The van der Waals surface area contributed by atoms with Gasteiger partial charge in [0.15, 0.2) is 5.75 Å². The minimum absolute atomic E-state index is 0.0131.